The van der Waals surface area contributed by atoms with Gasteiger partial charge in [-0.25, -0.2) is 0 Å². The van der Waals surface area contributed by atoms with Gasteiger partial charge in [-0.3, -0.25) is 14.2 Å². The summed E-state index contributed by atoms with van der Waals surface area (Å²) in [6.07, 6.45) is 1.56. The summed E-state index contributed by atoms with van der Waals surface area (Å²) in [5.41, 5.74) is 8.54. The topological polar surface area (TPSA) is 69.5 Å². The number of piperidine rings is 1. The molecule has 2 aromatic rings. The molecule has 3 N–H and O–H groups in total. The van der Waals surface area contributed by atoms with Crippen LogP contribution in [-0.2, 0) is 4.79 Å². The largest absolute Gasteiger partial charge is 0.369 e. The number of quaternary nitrogens is 1. The Labute approximate surface area is 136 Å². The molecule has 3 rings (SSSR count). The van der Waals surface area contributed by atoms with Gasteiger partial charge in [-0.15, -0.1) is 0 Å². The van der Waals surface area contributed by atoms with Gasteiger partial charge in [0.25, 0.3) is 5.91 Å². The Balaban J connectivity index is 1.77. The molecule has 1 aliphatic heterocycles. The van der Waals surface area contributed by atoms with Crippen LogP contribution in [0.4, 0.5) is 0 Å². The number of likely N-dealkylation sites (tertiary alicyclic amines) is 1. The van der Waals surface area contributed by atoms with Crippen molar-refractivity contribution in [3.8, 4) is 0 Å². The third-order valence-electron chi connectivity index (χ3n) is 5.17. The van der Waals surface area contributed by atoms with Gasteiger partial charge in [0.05, 0.1) is 18.6 Å². The Morgan fingerprint density at radius 3 is 2.52 bits per heavy atom. The van der Waals surface area contributed by atoms with E-state index in [4.69, 9.17) is 5.73 Å². The SMILES string of the molecule is Cc1c(C)n(C(=O)C[NH+]2CCC(C(N)=O)CC2)c2ccccc12. The summed E-state index contributed by atoms with van der Waals surface area (Å²) in [6.45, 7) is 6.19. The van der Waals surface area contributed by atoms with Crippen molar-refractivity contribution in [2.24, 2.45) is 11.7 Å². The molecule has 2 heterocycles. The van der Waals surface area contributed by atoms with Crippen molar-refractivity contribution in [3.05, 3.63) is 35.5 Å². The number of rotatable bonds is 3. The molecule has 0 atom stereocenters. The molecule has 1 saturated heterocycles. The van der Waals surface area contributed by atoms with Gasteiger partial charge in [0, 0.05) is 29.8 Å². The normalized spacial score (nSPS) is 21.5. The van der Waals surface area contributed by atoms with Gasteiger partial charge < -0.3 is 10.6 Å². The molecular weight excluding hydrogens is 290 g/mol. The molecule has 0 aliphatic carbocycles. The molecule has 5 heteroatoms. The quantitative estimate of drug-likeness (QED) is 0.875. The summed E-state index contributed by atoms with van der Waals surface area (Å²) in [7, 11) is 0. The highest BCUT2D eigenvalue weighted by Crippen LogP contribution is 2.24. The number of primary amides is 1. The minimum Gasteiger partial charge on any atom is -0.369 e. The molecule has 1 aromatic heterocycles. The van der Waals surface area contributed by atoms with Crippen LogP contribution in [0.5, 0.6) is 0 Å². The highest BCUT2D eigenvalue weighted by molar-refractivity contribution is 5.96. The Hall–Kier alpha value is -2.14. The van der Waals surface area contributed by atoms with Gasteiger partial charge >= 0.3 is 0 Å². The Morgan fingerprint density at radius 1 is 1.22 bits per heavy atom. The molecule has 0 unspecified atom stereocenters. The number of nitrogens with two attached hydrogens (primary N) is 1. The molecule has 0 saturated carbocycles. The van der Waals surface area contributed by atoms with Gasteiger partial charge in [-0.05, 0) is 25.5 Å². The van der Waals surface area contributed by atoms with Crippen LogP contribution in [0.3, 0.4) is 0 Å². The molecule has 23 heavy (non-hydrogen) atoms. The van der Waals surface area contributed by atoms with Crippen molar-refractivity contribution in [1.82, 2.24) is 4.57 Å². The lowest BCUT2D eigenvalue weighted by atomic mass is 9.96. The summed E-state index contributed by atoms with van der Waals surface area (Å²) in [4.78, 5) is 25.3. The van der Waals surface area contributed by atoms with E-state index in [2.05, 4.69) is 13.0 Å². The zero-order chi connectivity index (χ0) is 16.6. The van der Waals surface area contributed by atoms with E-state index in [9.17, 15) is 9.59 Å². The van der Waals surface area contributed by atoms with E-state index in [0.717, 1.165) is 48.1 Å². The van der Waals surface area contributed by atoms with E-state index >= 15 is 0 Å². The first-order chi connectivity index (χ1) is 11.0. The van der Waals surface area contributed by atoms with Crippen molar-refractivity contribution in [2.45, 2.75) is 26.7 Å². The van der Waals surface area contributed by atoms with Crippen molar-refractivity contribution < 1.29 is 14.5 Å². The van der Waals surface area contributed by atoms with Crippen molar-refractivity contribution in [1.29, 1.82) is 0 Å². The average molecular weight is 314 g/mol. The van der Waals surface area contributed by atoms with Gasteiger partial charge in [0.15, 0.2) is 6.54 Å². The van der Waals surface area contributed by atoms with Crippen LogP contribution in [0.2, 0.25) is 0 Å². The van der Waals surface area contributed by atoms with Crippen molar-refractivity contribution >= 4 is 22.7 Å². The number of nitrogens with zero attached hydrogens (tertiary/aromatic N) is 1. The number of aryl methyl sites for hydroxylation is 1. The number of benzene rings is 1. The fourth-order valence-corrected chi connectivity index (χ4v) is 3.63. The standard InChI is InChI=1S/C18H23N3O2/c1-12-13(2)21(16-6-4-3-5-15(12)16)17(22)11-20-9-7-14(8-10-20)18(19)23/h3-6,14H,7-11H2,1-2H3,(H2,19,23)/p+1. The highest BCUT2D eigenvalue weighted by Gasteiger charge is 2.28. The van der Waals surface area contributed by atoms with E-state index in [1.54, 1.807) is 0 Å². The maximum absolute atomic E-state index is 12.8. The summed E-state index contributed by atoms with van der Waals surface area (Å²) < 4.78 is 1.85. The molecule has 0 bridgehead atoms. The van der Waals surface area contributed by atoms with Crippen LogP contribution in [-0.4, -0.2) is 36.0 Å². The zero-order valence-electron chi connectivity index (χ0n) is 13.8. The lowest BCUT2D eigenvalue weighted by molar-refractivity contribution is -0.897. The van der Waals surface area contributed by atoms with Crippen LogP contribution in [0, 0.1) is 19.8 Å². The molecule has 0 spiro atoms. The second-order valence-electron chi connectivity index (χ2n) is 6.56. The lowest BCUT2D eigenvalue weighted by Crippen LogP contribution is -3.14. The lowest BCUT2D eigenvalue weighted by Gasteiger charge is -2.27. The predicted molar refractivity (Wildman–Crippen MR) is 89.5 cm³/mol. The van der Waals surface area contributed by atoms with E-state index in [1.807, 2.05) is 29.7 Å². The third-order valence-corrected chi connectivity index (χ3v) is 5.17. The van der Waals surface area contributed by atoms with Gasteiger partial charge in [0.1, 0.15) is 0 Å². The number of carbonyl (C=O) groups excluding carboxylic acids is 2. The van der Waals surface area contributed by atoms with Crippen LogP contribution in [0.25, 0.3) is 10.9 Å². The summed E-state index contributed by atoms with van der Waals surface area (Å²) in [5, 5.41) is 1.14. The second-order valence-corrected chi connectivity index (χ2v) is 6.56. The zero-order valence-corrected chi connectivity index (χ0v) is 13.8. The molecule has 1 amide bonds. The number of aromatic nitrogens is 1. The number of hydrogen-bond acceptors (Lipinski definition) is 2. The first-order valence-corrected chi connectivity index (χ1v) is 8.21. The molecule has 1 fully saturated rings. The smallest absolute Gasteiger partial charge is 0.286 e. The van der Waals surface area contributed by atoms with Crippen LogP contribution >= 0.6 is 0 Å². The highest BCUT2D eigenvalue weighted by atomic mass is 16.2. The predicted octanol–water partition coefficient (Wildman–Crippen LogP) is 0.679. The second kappa shape index (κ2) is 6.16. The molecule has 5 nitrogen and oxygen atoms in total. The summed E-state index contributed by atoms with van der Waals surface area (Å²) >= 11 is 0. The van der Waals surface area contributed by atoms with Gasteiger partial charge in [0.2, 0.25) is 5.91 Å². The van der Waals surface area contributed by atoms with Crippen LogP contribution in [0.1, 0.15) is 28.9 Å². The number of amides is 1. The summed E-state index contributed by atoms with van der Waals surface area (Å²) in [5.74, 6) is -0.109. The van der Waals surface area contributed by atoms with Gasteiger partial charge in [-0.2, -0.15) is 0 Å². The summed E-state index contributed by atoms with van der Waals surface area (Å²) in [6, 6.07) is 8.04. The fraction of sp³-hybridized carbons (Fsp3) is 0.444. The average Bonchev–Trinajstić information content (AvgIpc) is 2.80. The number of hydrogen-bond donors (Lipinski definition) is 2. The fourth-order valence-electron chi connectivity index (χ4n) is 3.63. The molecular formula is C18H24N3O2+. The Morgan fingerprint density at radius 2 is 1.87 bits per heavy atom. The van der Waals surface area contributed by atoms with E-state index in [0.29, 0.717) is 6.54 Å². The van der Waals surface area contributed by atoms with Gasteiger partial charge in [-0.1, -0.05) is 18.2 Å². The Kier molecular flexibility index (Phi) is 4.22. The maximum Gasteiger partial charge on any atom is 0.286 e. The first-order valence-electron chi connectivity index (χ1n) is 8.21. The maximum atomic E-state index is 12.8. The minimum absolute atomic E-state index is 0.0229. The van der Waals surface area contributed by atoms with Crippen molar-refractivity contribution in [2.75, 3.05) is 19.6 Å². The number of para-hydroxylation sites is 1. The molecule has 122 valence electrons. The van der Waals surface area contributed by atoms with E-state index in [-0.39, 0.29) is 17.7 Å². The van der Waals surface area contributed by atoms with E-state index < -0.39 is 0 Å². The number of nitrogens with one attached hydrogen (secondary N) is 1. The molecule has 1 aromatic carbocycles. The Bertz CT molecular complexity index is 755. The molecule has 1 aliphatic rings. The number of fused-ring (bicyclic) bond motifs is 1. The minimum atomic E-state index is -0.210. The first kappa shape index (κ1) is 15.7. The van der Waals surface area contributed by atoms with Crippen LogP contribution < -0.4 is 10.6 Å². The molecule has 0 radical (unpaired) electrons. The van der Waals surface area contributed by atoms with E-state index in [1.165, 1.54) is 4.90 Å². The van der Waals surface area contributed by atoms with Crippen molar-refractivity contribution in [3.63, 3.8) is 0 Å². The number of carbonyl (C=O) groups is 2. The monoisotopic (exact) mass is 314 g/mol. The third kappa shape index (κ3) is 2.88. The van der Waals surface area contributed by atoms with Crippen LogP contribution in [0.15, 0.2) is 24.3 Å².